The summed E-state index contributed by atoms with van der Waals surface area (Å²) in [5.41, 5.74) is 6.69. The molecule has 1 atom stereocenters. The second-order valence-corrected chi connectivity index (χ2v) is 7.79. The topological polar surface area (TPSA) is 55.1 Å². The molecule has 1 aromatic carbocycles. The smallest absolute Gasteiger partial charge is 0.241 e. The van der Waals surface area contributed by atoms with Gasteiger partial charge in [-0.3, -0.25) is 4.79 Å². The Morgan fingerprint density at radius 1 is 1.33 bits per heavy atom. The number of thioether (sulfide) groups is 2. The molecule has 1 aliphatic rings. The lowest BCUT2D eigenvalue weighted by Crippen LogP contribution is -2.36. The SMILES string of the molecule is CSCC[C@H](N)C(=O)Nc1ccc(SC2CCCC2)cc1. The van der Waals surface area contributed by atoms with Crippen LogP contribution < -0.4 is 11.1 Å². The minimum atomic E-state index is -0.426. The van der Waals surface area contributed by atoms with Crippen molar-refractivity contribution in [3.8, 4) is 0 Å². The molecular formula is C16H24N2OS2. The highest BCUT2D eigenvalue weighted by Crippen LogP contribution is 2.34. The van der Waals surface area contributed by atoms with Gasteiger partial charge in [-0.2, -0.15) is 11.8 Å². The van der Waals surface area contributed by atoms with E-state index in [1.807, 2.05) is 30.2 Å². The maximum atomic E-state index is 11.9. The van der Waals surface area contributed by atoms with Crippen molar-refractivity contribution in [1.29, 1.82) is 0 Å². The van der Waals surface area contributed by atoms with E-state index in [-0.39, 0.29) is 5.91 Å². The summed E-state index contributed by atoms with van der Waals surface area (Å²) in [6, 6.07) is 7.69. The largest absolute Gasteiger partial charge is 0.325 e. The summed E-state index contributed by atoms with van der Waals surface area (Å²) in [7, 11) is 0. The number of hydrogen-bond donors (Lipinski definition) is 2. The van der Waals surface area contributed by atoms with Crippen LogP contribution in [0.4, 0.5) is 5.69 Å². The van der Waals surface area contributed by atoms with Gasteiger partial charge in [0.25, 0.3) is 0 Å². The monoisotopic (exact) mass is 324 g/mol. The fourth-order valence-electron chi connectivity index (χ4n) is 2.43. The number of anilines is 1. The number of hydrogen-bond acceptors (Lipinski definition) is 4. The van der Waals surface area contributed by atoms with E-state index in [1.165, 1.54) is 30.6 Å². The van der Waals surface area contributed by atoms with Crippen LogP contribution in [0.5, 0.6) is 0 Å². The molecule has 0 spiro atoms. The lowest BCUT2D eigenvalue weighted by molar-refractivity contribution is -0.117. The molecule has 2 rings (SSSR count). The second kappa shape index (κ2) is 8.71. The number of carbonyl (C=O) groups is 1. The molecule has 1 amide bonds. The van der Waals surface area contributed by atoms with Gasteiger partial charge >= 0.3 is 0 Å². The van der Waals surface area contributed by atoms with Gasteiger partial charge in [0.15, 0.2) is 0 Å². The van der Waals surface area contributed by atoms with Crippen LogP contribution in [0.1, 0.15) is 32.1 Å². The van der Waals surface area contributed by atoms with Gasteiger partial charge in [-0.25, -0.2) is 0 Å². The quantitative estimate of drug-likeness (QED) is 0.802. The number of amides is 1. The highest BCUT2D eigenvalue weighted by atomic mass is 32.2. The Labute approximate surface area is 135 Å². The average molecular weight is 325 g/mol. The number of benzene rings is 1. The molecular weight excluding hydrogens is 300 g/mol. The summed E-state index contributed by atoms with van der Waals surface area (Å²) in [5, 5.41) is 3.66. The Kier molecular flexibility index (Phi) is 6.93. The first kappa shape index (κ1) is 16.7. The highest BCUT2D eigenvalue weighted by molar-refractivity contribution is 8.00. The minimum Gasteiger partial charge on any atom is -0.325 e. The van der Waals surface area contributed by atoms with Crippen LogP contribution in [-0.4, -0.2) is 29.2 Å². The van der Waals surface area contributed by atoms with Crippen molar-refractivity contribution in [2.24, 2.45) is 5.73 Å². The molecule has 3 nitrogen and oxygen atoms in total. The zero-order valence-corrected chi connectivity index (χ0v) is 14.1. The normalized spacial score (nSPS) is 16.9. The summed E-state index contributed by atoms with van der Waals surface area (Å²) >= 11 is 3.66. The van der Waals surface area contributed by atoms with E-state index in [4.69, 9.17) is 5.73 Å². The van der Waals surface area contributed by atoms with Crippen LogP contribution in [0.2, 0.25) is 0 Å². The lowest BCUT2D eigenvalue weighted by atomic mass is 10.2. The summed E-state index contributed by atoms with van der Waals surface area (Å²) in [4.78, 5) is 13.2. The van der Waals surface area contributed by atoms with E-state index < -0.39 is 6.04 Å². The van der Waals surface area contributed by atoms with Gasteiger partial charge in [-0.15, -0.1) is 11.8 Å². The molecule has 1 aliphatic carbocycles. The summed E-state index contributed by atoms with van der Waals surface area (Å²) in [6.07, 6.45) is 8.11. The zero-order chi connectivity index (χ0) is 15.1. The van der Waals surface area contributed by atoms with E-state index in [1.54, 1.807) is 11.8 Å². The lowest BCUT2D eigenvalue weighted by Gasteiger charge is -2.13. The molecule has 0 aliphatic heterocycles. The van der Waals surface area contributed by atoms with E-state index in [9.17, 15) is 4.79 Å². The fourth-order valence-corrected chi connectivity index (χ4v) is 4.16. The Morgan fingerprint density at radius 2 is 2.00 bits per heavy atom. The third-order valence-corrected chi connectivity index (χ3v) is 5.69. The molecule has 1 aromatic rings. The van der Waals surface area contributed by atoms with Crippen LogP contribution in [0.3, 0.4) is 0 Å². The maximum absolute atomic E-state index is 11.9. The van der Waals surface area contributed by atoms with Crippen LogP contribution in [0.15, 0.2) is 29.2 Å². The molecule has 1 fully saturated rings. The zero-order valence-electron chi connectivity index (χ0n) is 12.5. The molecule has 116 valence electrons. The Morgan fingerprint density at radius 3 is 2.62 bits per heavy atom. The summed E-state index contributed by atoms with van der Waals surface area (Å²) in [6.45, 7) is 0. The molecule has 0 unspecified atom stereocenters. The fraction of sp³-hybridized carbons (Fsp3) is 0.562. The van der Waals surface area contributed by atoms with Gasteiger partial charge in [0.1, 0.15) is 0 Å². The Balaban J connectivity index is 1.82. The van der Waals surface area contributed by atoms with Crippen LogP contribution in [0.25, 0.3) is 0 Å². The van der Waals surface area contributed by atoms with Gasteiger partial charge < -0.3 is 11.1 Å². The van der Waals surface area contributed by atoms with Crippen LogP contribution in [0, 0.1) is 0 Å². The average Bonchev–Trinajstić information content (AvgIpc) is 2.99. The van der Waals surface area contributed by atoms with E-state index >= 15 is 0 Å². The first-order chi connectivity index (χ1) is 10.2. The number of carbonyl (C=O) groups excluding carboxylic acids is 1. The van der Waals surface area contributed by atoms with E-state index in [2.05, 4.69) is 17.4 Å². The Bertz CT molecular complexity index is 444. The molecule has 0 radical (unpaired) electrons. The van der Waals surface area contributed by atoms with Crippen molar-refractivity contribution in [3.63, 3.8) is 0 Å². The van der Waals surface area contributed by atoms with Crippen LogP contribution in [-0.2, 0) is 4.79 Å². The molecule has 3 N–H and O–H groups in total. The van der Waals surface area contributed by atoms with E-state index in [0.717, 1.165) is 16.7 Å². The van der Waals surface area contributed by atoms with Crippen molar-refractivity contribution in [1.82, 2.24) is 0 Å². The number of rotatable bonds is 7. The molecule has 0 aromatic heterocycles. The number of nitrogens with one attached hydrogen (secondary N) is 1. The molecule has 0 saturated heterocycles. The van der Waals surface area contributed by atoms with Gasteiger partial charge in [-0.1, -0.05) is 12.8 Å². The molecule has 0 heterocycles. The van der Waals surface area contributed by atoms with Gasteiger partial charge in [0, 0.05) is 15.8 Å². The number of nitrogens with two attached hydrogens (primary N) is 1. The van der Waals surface area contributed by atoms with Crippen molar-refractivity contribution >= 4 is 35.1 Å². The highest BCUT2D eigenvalue weighted by Gasteiger charge is 2.16. The summed E-state index contributed by atoms with van der Waals surface area (Å²) < 4.78 is 0. The molecule has 1 saturated carbocycles. The minimum absolute atomic E-state index is 0.0970. The van der Waals surface area contributed by atoms with Gasteiger partial charge in [0.2, 0.25) is 5.91 Å². The van der Waals surface area contributed by atoms with Crippen molar-refractivity contribution in [2.45, 2.75) is 48.3 Å². The van der Waals surface area contributed by atoms with Crippen molar-refractivity contribution in [2.75, 3.05) is 17.3 Å². The standard InChI is InChI=1S/C16H24N2OS2/c1-20-11-10-15(17)16(19)18-12-6-8-14(9-7-12)21-13-4-2-3-5-13/h6-9,13,15H,2-5,10-11,17H2,1H3,(H,18,19)/t15-/m0/s1. The maximum Gasteiger partial charge on any atom is 0.241 e. The van der Waals surface area contributed by atoms with Gasteiger partial charge in [0.05, 0.1) is 6.04 Å². The Hall–Kier alpha value is -0.650. The van der Waals surface area contributed by atoms with Crippen LogP contribution >= 0.6 is 23.5 Å². The van der Waals surface area contributed by atoms with Crippen molar-refractivity contribution < 1.29 is 4.79 Å². The van der Waals surface area contributed by atoms with E-state index in [0.29, 0.717) is 6.42 Å². The summed E-state index contributed by atoms with van der Waals surface area (Å²) in [5.74, 6) is 0.811. The first-order valence-corrected chi connectivity index (χ1v) is 9.78. The molecule has 0 bridgehead atoms. The predicted molar refractivity (Wildman–Crippen MR) is 94.2 cm³/mol. The predicted octanol–water partition coefficient (Wildman–Crippen LogP) is 3.74. The second-order valence-electron chi connectivity index (χ2n) is 5.43. The molecule has 21 heavy (non-hydrogen) atoms. The third kappa shape index (κ3) is 5.57. The first-order valence-electron chi connectivity index (χ1n) is 7.51. The van der Waals surface area contributed by atoms with Crippen molar-refractivity contribution in [3.05, 3.63) is 24.3 Å². The van der Waals surface area contributed by atoms with Gasteiger partial charge in [-0.05, 0) is 55.5 Å². The molecule has 5 heteroatoms. The third-order valence-electron chi connectivity index (χ3n) is 3.70.